The molecule has 1 aliphatic rings. The lowest BCUT2D eigenvalue weighted by molar-refractivity contribution is -0.120. The molecular weight excluding hydrogens is 526 g/mol. The fourth-order valence-corrected chi connectivity index (χ4v) is 4.89. The van der Waals surface area contributed by atoms with Crippen molar-refractivity contribution >= 4 is 40.2 Å². The number of morpholine rings is 1. The molecule has 41 heavy (non-hydrogen) atoms. The van der Waals surface area contributed by atoms with E-state index in [9.17, 15) is 9.59 Å². The number of benzene rings is 2. The highest BCUT2D eigenvalue weighted by molar-refractivity contribution is 6.02. The Labute approximate surface area is 235 Å². The first-order valence-corrected chi connectivity index (χ1v) is 13.1. The second-order valence-corrected chi connectivity index (χ2v) is 9.72. The number of urea groups is 1. The molecule has 0 bridgehead atoms. The summed E-state index contributed by atoms with van der Waals surface area (Å²) >= 11 is 0. The Morgan fingerprint density at radius 2 is 1.85 bits per heavy atom. The van der Waals surface area contributed by atoms with E-state index in [0.717, 1.165) is 29.6 Å². The lowest BCUT2D eigenvalue weighted by Crippen LogP contribution is -2.43. The monoisotopic (exact) mass is 555 g/mol. The number of amides is 3. The standard InChI is InChI=1S/C29H29N7O5/c1-34-16-22(25-14-30-18-40-25)20-8-7-19(13-24(20)34)32-28(38)33-29-31-15-26(41-29)21-5-3-4-6-23(21)35(2)27(37)17-36-9-11-39-12-10-36/h3-8,13-16,18H,9-12,17H2,1-2H3,(H2,31,32,33,38). The molecule has 1 saturated heterocycles. The number of carbonyl (C=O) groups excluding carboxylic acids is 2. The Balaban J connectivity index is 1.14. The van der Waals surface area contributed by atoms with Crippen LogP contribution in [0.3, 0.4) is 0 Å². The average Bonchev–Trinajstić information content (AvgIpc) is 3.74. The number of carbonyl (C=O) groups is 2. The van der Waals surface area contributed by atoms with E-state index >= 15 is 0 Å². The molecule has 0 spiro atoms. The number of para-hydroxylation sites is 1. The predicted molar refractivity (Wildman–Crippen MR) is 154 cm³/mol. The van der Waals surface area contributed by atoms with E-state index < -0.39 is 6.03 Å². The van der Waals surface area contributed by atoms with Crippen LogP contribution in [0.5, 0.6) is 0 Å². The third-order valence-electron chi connectivity index (χ3n) is 7.04. The average molecular weight is 556 g/mol. The number of likely N-dealkylation sites (N-methyl/N-ethyl adjacent to an activating group) is 1. The summed E-state index contributed by atoms with van der Waals surface area (Å²) in [5.41, 5.74) is 3.79. The molecule has 1 aliphatic heterocycles. The quantitative estimate of drug-likeness (QED) is 0.302. The number of aryl methyl sites for hydroxylation is 1. The number of hydrogen-bond acceptors (Lipinski definition) is 8. The molecule has 2 aromatic carbocycles. The number of oxazole rings is 2. The first-order chi connectivity index (χ1) is 20.0. The van der Waals surface area contributed by atoms with Gasteiger partial charge in [0, 0.05) is 55.6 Å². The summed E-state index contributed by atoms with van der Waals surface area (Å²) in [6, 6.07) is 12.5. The third-order valence-corrected chi connectivity index (χ3v) is 7.04. The van der Waals surface area contributed by atoms with E-state index in [0.29, 0.717) is 48.2 Å². The Morgan fingerprint density at radius 1 is 1.02 bits per heavy atom. The molecule has 0 unspecified atom stereocenters. The minimum Gasteiger partial charge on any atom is -0.443 e. The Morgan fingerprint density at radius 3 is 2.66 bits per heavy atom. The highest BCUT2D eigenvalue weighted by Crippen LogP contribution is 2.33. The first-order valence-electron chi connectivity index (χ1n) is 13.1. The highest BCUT2D eigenvalue weighted by Gasteiger charge is 2.21. The van der Waals surface area contributed by atoms with E-state index in [2.05, 4.69) is 25.5 Å². The van der Waals surface area contributed by atoms with Crippen molar-refractivity contribution in [2.45, 2.75) is 0 Å². The molecular formula is C29H29N7O5. The van der Waals surface area contributed by atoms with E-state index in [1.807, 2.05) is 60.3 Å². The van der Waals surface area contributed by atoms with Crippen molar-refractivity contribution in [3.63, 3.8) is 0 Å². The van der Waals surface area contributed by atoms with Gasteiger partial charge in [-0.05, 0) is 24.3 Å². The summed E-state index contributed by atoms with van der Waals surface area (Å²) < 4.78 is 18.6. The van der Waals surface area contributed by atoms with Crippen LogP contribution >= 0.6 is 0 Å². The number of nitrogens with zero attached hydrogens (tertiary/aromatic N) is 5. The molecule has 6 rings (SSSR count). The van der Waals surface area contributed by atoms with Gasteiger partial charge < -0.3 is 28.4 Å². The highest BCUT2D eigenvalue weighted by atomic mass is 16.5. The van der Waals surface area contributed by atoms with Gasteiger partial charge in [0.25, 0.3) is 0 Å². The van der Waals surface area contributed by atoms with Gasteiger partial charge in [0.15, 0.2) is 17.9 Å². The number of anilines is 3. The van der Waals surface area contributed by atoms with Gasteiger partial charge >= 0.3 is 12.0 Å². The molecule has 210 valence electrons. The van der Waals surface area contributed by atoms with Gasteiger partial charge in [0.1, 0.15) is 0 Å². The number of ether oxygens (including phenoxy) is 1. The molecule has 2 N–H and O–H groups in total. The fourth-order valence-electron chi connectivity index (χ4n) is 4.89. The van der Waals surface area contributed by atoms with Crippen molar-refractivity contribution in [3.8, 4) is 22.6 Å². The van der Waals surface area contributed by atoms with Crippen LogP contribution in [-0.2, 0) is 16.6 Å². The zero-order valence-electron chi connectivity index (χ0n) is 22.7. The van der Waals surface area contributed by atoms with Crippen LogP contribution in [0.4, 0.5) is 22.2 Å². The zero-order valence-corrected chi connectivity index (χ0v) is 22.7. The second kappa shape index (κ2) is 11.3. The molecule has 3 amide bonds. The molecule has 12 nitrogen and oxygen atoms in total. The number of aromatic nitrogens is 3. The summed E-state index contributed by atoms with van der Waals surface area (Å²) in [6.07, 6.45) is 6.54. The third kappa shape index (κ3) is 5.55. The zero-order chi connectivity index (χ0) is 28.3. The molecule has 3 aromatic heterocycles. The van der Waals surface area contributed by atoms with Crippen LogP contribution in [0.2, 0.25) is 0 Å². The lowest BCUT2D eigenvalue weighted by atomic mass is 10.1. The van der Waals surface area contributed by atoms with Crippen LogP contribution in [0, 0.1) is 0 Å². The minimum absolute atomic E-state index is 0.0298. The van der Waals surface area contributed by atoms with Gasteiger partial charge in [-0.1, -0.05) is 18.2 Å². The number of fused-ring (bicyclic) bond motifs is 1. The molecule has 4 heterocycles. The molecule has 0 radical (unpaired) electrons. The summed E-state index contributed by atoms with van der Waals surface area (Å²) in [6.45, 7) is 3.00. The van der Waals surface area contributed by atoms with E-state index in [1.165, 1.54) is 12.6 Å². The van der Waals surface area contributed by atoms with Crippen molar-refractivity contribution in [3.05, 3.63) is 67.4 Å². The molecule has 0 aliphatic carbocycles. The largest absolute Gasteiger partial charge is 0.443 e. The predicted octanol–water partition coefficient (Wildman–Crippen LogP) is 4.43. The van der Waals surface area contributed by atoms with Crippen molar-refractivity contribution in [1.29, 1.82) is 0 Å². The van der Waals surface area contributed by atoms with Gasteiger partial charge in [-0.3, -0.25) is 15.0 Å². The molecule has 1 fully saturated rings. The summed E-state index contributed by atoms with van der Waals surface area (Å²) in [7, 11) is 3.66. The Kier molecular flexibility index (Phi) is 7.23. The summed E-state index contributed by atoms with van der Waals surface area (Å²) in [5.74, 6) is 1.05. The smallest absolute Gasteiger partial charge is 0.327 e. The maximum Gasteiger partial charge on any atom is 0.327 e. The van der Waals surface area contributed by atoms with Crippen LogP contribution in [0.15, 0.2) is 76.3 Å². The van der Waals surface area contributed by atoms with Crippen molar-refractivity contribution in [2.75, 3.05) is 55.4 Å². The van der Waals surface area contributed by atoms with Crippen molar-refractivity contribution in [1.82, 2.24) is 19.4 Å². The van der Waals surface area contributed by atoms with Gasteiger partial charge in [-0.2, -0.15) is 0 Å². The Bertz CT molecular complexity index is 1680. The second-order valence-electron chi connectivity index (χ2n) is 9.72. The van der Waals surface area contributed by atoms with Gasteiger partial charge in [0.2, 0.25) is 5.91 Å². The van der Waals surface area contributed by atoms with Crippen LogP contribution in [0.25, 0.3) is 33.6 Å². The van der Waals surface area contributed by atoms with Crippen molar-refractivity contribution in [2.24, 2.45) is 7.05 Å². The normalized spacial score (nSPS) is 13.8. The number of hydrogen-bond donors (Lipinski definition) is 2. The summed E-state index contributed by atoms with van der Waals surface area (Å²) in [4.78, 5) is 37.7. The van der Waals surface area contributed by atoms with Crippen LogP contribution in [0.1, 0.15) is 0 Å². The first kappa shape index (κ1) is 26.3. The molecule has 0 saturated carbocycles. The van der Waals surface area contributed by atoms with Crippen LogP contribution in [-0.4, -0.2) is 71.3 Å². The maximum atomic E-state index is 13.0. The lowest BCUT2D eigenvalue weighted by Gasteiger charge is -2.28. The maximum absolute atomic E-state index is 13.0. The Hall–Kier alpha value is -4.94. The van der Waals surface area contributed by atoms with Gasteiger partial charge in [-0.15, -0.1) is 0 Å². The number of nitrogens with one attached hydrogen (secondary N) is 2. The van der Waals surface area contributed by atoms with E-state index in [-0.39, 0.29) is 11.9 Å². The fraction of sp³-hybridized carbons (Fsp3) is 0.241. The molecule has 0 atom stereocenters. The van der Waals surface area contributed by atoms with E-state index in [4.69, 9.17) is 13.6 Å². The molecule has 12 heteroatoms. The topological polar surface area (TPSA) is 131 Å². The number of rotatable bonds is 7. The van der Waals surface area contributed by atoms with Gasteiger partial charge in [-0.25, -0.2) is 14.8 Å². The molecule has 5 aromatic rings. The SMILES string of the molecule is CN(C(=O)CN1CCOCC1)c1ccccc1-c1cnc(NC(=O)Nc2ccc3c(-c4cnco4)cn(C)c3c2)o1. The summed E-state index contributed by atoms with van der Waals surface area (Å²) in [5, 5.41) is 6.43. The van der Waals surface area contributed by atoms with Gasteiger partial charge in [0.05, 0.1) is 43.4 Å². The van der Waals surface area contributed by atoms with Crippen molar-refractivity contribution < 1.29 is 23.2 Å². The minimum atomic E-state index is -0.506. The van der Waals surface area contributed by atoms with E-state index in [1.54, 1.807) is 18.1 Å². The van der Waals surface area contributed by atoms with Crippen LogP contribution < -0.4 is 15.5 Å².